The Morgan fingerprint density at radius 2 is 1.76 bits per heavy atom. The number of aromatic carboxylic acids is 1. The molecule has 0 aromatic heterocycles. The molecule has 0 spiro atoms. The molecule has 6 nitrogen and oxygen atoms in total. The van der Waals surface area contributed by atoms with Gasteiger partial charge in [-0.05, 0) is 11.6 Å². The van der Waals surface area contributed by atoms with Gasteiger partial charge in [0, 0.05) is 12.8 Å². The number of carboxylic acid groups (broad SMARTS) is 1. The Morgan fingerprint density at radius 1 is 1.10 bits per heavy atom. The summed E-state index contributed by atoms with van der Waals surface area (Å²) in [6, 6.07) is 6.17. The van der Waals surface area contributed by atoms with E-state index in [0.717, 1.165) is 0 Å². The topological polar surface area (TPSA) is 101 Å². The van der Waals surface area contributed by atoms with Crippen LogP contribution in [0.15, 0.2) is 24.3 Å². The van der Waals surface area contributed by atoms with Gasteiger partial charge in [0.15, 0.2) is 5.78 Å². The standard InChI is InChI=1S/C15H17NO5/c1-2-14(19)16-9-12(18)8-11(17)7-10-5-3-4-6-13(10)15(20)21/h3-6H,2,7-9H2,1H3,(H,16,19)(H,20,21). The van der Waals surface area contributed by atoms with Gasteiger partial charge in [-0.3, -0.25) is 14.4 Å². The average Bonchev–Trinajstić information content (AvgIpc) is 2.44. The highest BCUT2D eigenvalue weighted by Gasteiger charge is 2.15. The highest BCUT2D eigenvalue weighted by Crippen LogP contribution is 2.10. The highest BCUT2D eigenvalue weighted by atomic mass is 16.4. The number of rotatable bonds is 8. The minimum Gasteiger partial charge on any atom is -0.478 e. The van der Waals surface area contributed by atoms with E-state index in [4.69, 9.17) is 5.11 Å². The van der Waals surface area contributed by atoms with Gasteiger partial charge in [0.05, 0.1) is 18.5 Å². The maximum atomic E-state index is 11.8. The number of benzene rings is 1. The first kappa shape index (κ1) is 16.6. The summed E-state index contributed by atoms with van der Waals surface area (Å²) >= 11 is 0. The monoisotopic (exact) mass is 291 g/mol. The summed E-state index contributed by atoms with van der Waals surface area (Å²) < 4.78 is 0. The SMILES string of the molecule is CCC(=O)NCC(=O)CC(=O)Cc1ccccc1C(=O)O. The Balaban J connectivity index is 2.56. The number of carbonyl (C=O) groups excluding carboxylic acids is 3. The van der Waals surface area contributed by atoms with Crippen molar-refractivity contribution in [2.24, 2.45) is 0 Å². The van der Waals surface area contributed by atoms with E-state index in [1.165, 1.54) is 6.07 Å². The van der Waals surface area contributed by atoms with Gasteiger partial charge < -0.3 is 10.4 Å². The lowest BCUT2D eigenvalue weighted by atomic mass is 10.00. The predicted octanol–water partition coefficient (Wildman–Crippen LogP) is 0.982. The lowest BCUT2D eigenvalue weighted by Crippen LogP contribution is -2.30. The average molecular weight is 291 g/mol. The zero-order valence-corrected chi connectivity index (χ0v) is 11.7. The summed E-state index contributed by atoms with van der Waals surface area (Å²) in [6.45, 7) is 1.48. The van der Waals surface area contributed by atoms with Crippen LogP contribution in [0.2, 0.25) is 0 Å². The zero-order valence-electron chi connectivity index (χ0n) is 11.7. The number of nitrogens with one attached hydrogen (secondary N) is 1. The number of amides is 1. The van der Waals surface area contributed by atoms with Gasteiger partial charge >= 0.3 is 5.97 Å². The van der Waals surface area contributed by atoms with Crippen molar-refractivity contribution in [3.63, 3.8) is 0 Å². The highest BCUT2D eigenvalue weighted by molar-refractivity contribution is 6.02. The Bertz CT molecular complexity index is 565. The quantitative estimate of drug-likeness (QED) is 0.695. The van der Waals surface area contributed by atoms with Crippen LogP contribution in [0.5, 0.6) is 0 Å². The molecule has 0 aliphatic heterocycles. The Labute approximate surface area is 122 Å². The van der Waals surface area contributed by atoms with Crippen molar-refractivity contribution in [3.8, 4) is 0 Å². The third kappa shape index (κ3) is 5.56. The first-order valence-electron chi connectivity index (χ1n) is 6.55. The molecular weight excluding hydrogens is 274 g/mol. The molecule has 112 valence electrons. The molecule has 0 bridgehead atoms. The number of hydrogen-bond acceptors (Lipinski definition) is 4. The molecule has 1 amide bonds. The van der Waals surface area contributed by atoms with E-state index < -0.39 is 11.8 Å². The lowest BCUT2D eigenvalue weighted by Gasteiger charge is -2.05. The van der Waals surface area contributed by atoms with Crippen LogP contribution in [-0.2, 0) is 20.8 Å². The minimum atomic E-state index is -1.11. The van der Waals surface area contributed by atoms with Crippen molar-refractivity contribution >= 4 is 23.4 Å². The van der Waals surface area contributed by atoms with Crippen LogP contribution in [0.3, 0.4) is 0 Å². The first-order chi connectivity index (χ1) is 9.93. The number of ketones is 2. The largest absolute Gasteiger partial charge is 0.478 e. The number of carbonyl (C=O) groups is 4. The van der Waals surface area contributed by atoms with Crippen LogP contribution in [0, 0.1) is 0 Å². The van der Waals surface area contributed by atoms with E-state index in [9.17, 15) is 19.2 Å². The van der Waals surface area contributed by atoms with Crippen LogP contribution >= 0.6 is 0 Å². The molecule has 6 heteroatoms. The van der Waals surface area contributed by atoms with Crippen LogP contribution in [0.25, 0.3) is 0 Å². The molecule has 1 aromatic carbocycles. The zero-order chi connectivity index (χ0) is 15.8. The van der Waals surface area contributed by atoms with E-state index in [-0.39, 0.29) is 43.1 Å². The smallest absolute Gasteiger partial charge is 0.335 e. The summed E-state index contributed by atoms with van der Waals surface area (Å²) in [5.41, 5.74) is 0.429. The predicted molar refractivity (Wildman–Crippen MR) is 75.0 cm³/mol. The van der Waals surface area contributed by atoms with Gasteiger partial charge in [-0.1, -0.05) is 25.1 Å². The molecule has 1 aromatic rings. The fourth-order valence-corrected chi connectivity index (χ4v) is 1.76. The molecule has 0 radical (unpaired) electrons. The molecule has 21 heavy (non-hydrogen) atoms. The number of carboxylic acids is 1. The van der Waals surface area contributed by atoms with Crippen molar-refractivity contribution in [2.45, 2.75) is 26.2 Å². The van der Waals surface area contributed by atoms with Crippen LogP contribution in [0.4, 0.5) is 0 Å². The van der Waals surface area contributed by atoms with E-state index in [1.54, 1.807) is 25.1 Å². The van der Waals surface area contributed by atoms with E-state index >= 15 is 0 Å². The van der Waals surface area contributed by atoms with Crippen LogP contribution in [-0.4, -0.2) is 35.1 Å². The molecule has 0 heterocycles. The third-order valence-electron chi connectivity index (χ3n) is 2.83. The molecule has 2 N–H and O–H groups in total. The Morgan fingerprint density at radius 3 is 2.38 bits per heavy atom. The summed E-state index contributed by atoms with van der Waals surface area (Å²) in [7, 11) is 0. The van der Waals surface area contributed by atoms with E-state index in [1.807, 2.05) is 0 Å². The summed E-state index contributed by atoms with van der Waals surface area (Å²) in [5.74, 6) is -2.14. The van der Waals surface area contributed by atoms with Gasteiger partial charge in [0.2, 0.25) is 5.91 Å². The number of hydrogen-bond donors (Lipinski definition) is 2. The van der Waals surface area contributed by atoms with E-state index in [2.05, 4.69) is 5.32 Å². The molecule has 0 saturated carbocycles. The molecule has 0 saturated heterocycles. The molecule has 1 rings (SSSR count). The molecule has 0 unspecified atom stereocenters. The van der Waals surface area contributed by atoms with Gasteiger partial charge in [-0.25, -0.2) is 4.79 Å². The maximum Gasteiger partial charge on any atom is 0.335 e. The number of Topliss-reactive ketones (excluding diaryl/α,β-unsaturated/α-hetero) is 2. The normalized spacial score (nSPS) is 9.95. The van der Waals surface area contributed by atoms with Crippen molar-refractivity contribution < 1.29 is 24.3 Å². The second kappa shape index (κ2) is 7.94. The summed E-state index contributed by atoms with van der Waals surface area (Å²) in [4.78, 5) is 45.3. The van der Waals surface area contributed by atoms with Gasteiger partial charge in [0.25, 0.3) is 0 Å². The van der Waals surface area contributed by atoms with Gasteiger partial charge in [-0.15, -0.1) is 0 Å². The molecule has 0 aliphatic carbocycles. The Hall–Kier alpha value is -2.50. The summed E-state index contributed by atoms with van der Waals surface area (Å²) in [5, 5.41) is 11.4. The maximum absolute atomic E-state index is 11.8. The fourth-order valence-electron chi connectivity index (χ4n) is 1.76. The van der Waals surface area contributed by atoms with Gasteiger partial charge in [0.1, 0.15) is 5.78 Å². The lowest BCUT2D eigenvalue weighted by molar-refractivity contribution is -0.128. The van der Waals surface area contributed by atoms with Crippen LogP contribution < -0.4 is 5.32 Å². The third-order valence-corrected chi connectivity index (χ3v) is 2.83. The van der Waals surface area contributed by atoms with E-state index in [0.29, 0.717) is 5.56 Å². The second-order valence-corrected chi connectivity index (χ2v) is 4.52. The van der Waals surface area contributed by atoms with Crippen molar-refractivity contribution in [1.82, 2.24) is 5.32 Å². The Kier molecular flexibility index (Phi) is 6.26. The van der Waals surface area contributed by atoms with Gasteiger partial charge in [-0.2, -0.15) is 0 Å². The van der Waals surface area contributed by atoms with Crippen molar-refractivity contribution in [2.75, 3.05) is 6.54 Å². The van der Waals surface area contributed by atoms with Crippen molar-refractivity contribution in [1.29, 1.82) is 0 Å². The van der Waals surface area contributed by atoms with Crippen molar-refractivity contribution in [3.05, 3.63) is 35.4 Å². The second-order valence-electron chi connectivity index (χ2n) is 4.52. The molecule has 0 atom stereocenters. The summed E-state index contributed by atoms with van der Waals surface area (Å²) in [6.07, 6.45) is -0.166. The molecular formula is C15H17NO5. The first-order valence-corrected chi connectivity index (χ1v) is 6.55. The fraction of sp³-hybridized carbons (Fsp3) is 0.333. The van der Waals surface area contributed by atoms with Crippen LogP contribution in [0.1, 0.15) is 35.7 Å². The minimum absolute atomic E-state index is 0.0533. The molecule has 0 fully saturated rings. The molecule has 0 aliphatic rings.